The second kappa shape index (κ2) is 6.56. The third-order valence-electron chi connectivity index (χ3n) is 1.67. The zero-order chi connectivity index (χ0) is 10.9. The first-order valence-corrected chi connectivity index (χ1v) is 4.40. The summed E-state index contributed by atoms with van der Waals surface area (Å²) in [5.74, 6) is 0. The van der Waals surface area contributed by atoms with Gasteiger partial charge in [0.25, 0.3) is 0 Å². The maximum Gasteiger partial charge on any atom is 0.186 e. The summed E-state index contributed by atoms with van der Waals surface area (Å²) < 4.78 is 10.3. The molecule has 0 saturated carbocycles. The predicted molar refractivity (Wildman–Crippen MR) is 52.3 cm³/mol. The van der Waals surface area contributed by atoms with Gasteiger partial charge in [-0.2, -0.15) is 10.5 Å². The molecule has 0 atom stereocenters. The van der Waals surface area contributed by atoms with Gasteiger partial charge in [0, 0.05) is 5.56 Å². The summed E-state index contributed by atoms with van der Waals surface area (Å²) in [6.45, 7) is -0.129. The molecule has 0 amide bonds. The second-order valence-electron chi connectivity index (χ2n) is 2.68. The zero-order valence-corrected chi connectivity index (χ0v) is 8.09. The van der Waals surface area contributed by atoms with E-state index in [0.29, 0.717) is 0 Å². The van der Waals surface area contributed by atoms with Crippen molar-refractivity contribution in [3.05, 3.63) is 35.9 Å². The summed E-state index contributed by atoms with van der Waals surface area (Å²) in [5, 5.41) is 16.8. The number of ether oxygens (including phenoxy) is 2. The van der Waals surface area contributed by atoms with Crippen LogP contribution in [-0.4, -0.2) is 13.2 Å². The van der Waals surface area contributed by atoms with Gasteiger partial charge in [0.05, 0.1) is 12.1 Å². The van der Waals surface area contributed by atoms with Gasteiger partial charge in [-0.3, -0.25) is 0 Å². The van der Waals surface area contributed by atoms with Crippen molar-refractivity contribution in [2.75, 3.05) is 13.2 Å². The Kier molecular flexibility index (Phi) is 4.89. The maximum atomic E-state index is 8.39. The number of hydrogen-bond acceptors (Lipinski definition) is 4. The lowest BCUT2D eigenvalue weighted by atomic mass is 10.2. The van der Waals surface area contributed by atoms with Crippen LogP contribution in [-0.2, 0) is 9.47 Å². The van der Waals surface area contributed by atoms with Gasteiger partial charge >= 0.3 is 0 Å². The van der Waals surface area contributed by atoms with Gasteiger partial charge in [-0.05, 0) is 0 Å². The van der Waals surface area contributed by atoms with Crippen LogP contribution in [0.25, 0.3) is 0 Å². The molecule has 4 heteroatoms. The van der Waals surface area contributed by atoms with Gasteiger partial charge < -0.3 is 9.47 Å². The van der Waals surface area contributed by atoms with Gasteiger partial charge in [-0.25, -0.2) is 0 Å². The van der Waals surface area contributed by atoms with Crippen molar-refractivity contribution in [3.8, 4) is 12.1 Å². The smallest absolute Gasteiger partial charge is 0.186 e. The van der Waals surface area contributed by atoms with E-state index in [2.05, 4.69) is 0 Å². The minimum absolute atomic E-state index is 0.0645. The normalized spacial score (nSPS) is 9.53. The number of hydrogen-bond donors (Lipinski definition) is 0. The fourth-order valence-electron chi connectivity index (χ4n) is 1.08. The van der Waals surface area contributed by atoms with Crippen LogP contribution < -0.4 is 0 Å². The van der Waals surface area contributed by atoms with Crippen LogP contribution in [0.4, 0.5) is 0 Å². The Morgan fingerprint density at radius 2 is 1.53 bits per heavy atom. The highest BCUT2D eigenvalue weighted by atomic mass is 16.7. The monoisotopic (exact) mass is 202 g/mol. The Balaban J connectivity index is 2.64. The van der Waals surface area contributed by atoms with Crippen LogP contribution >= 0.6 is 0 Å². The molecule has 0 aliphatic rings. The Hall–Kier alpha value is -1.88. The molecule has 76 valence electrons. The number of rotatable bonds is 5. The number of benzene rings is 1. The van der Waals surface area contributed by atoms with Gasteiger partial charge in [0.2, 0.25) is 0 Å². The molecule has 0 aromatic heterocycles. The van der Waals surface area contributed by atoms with Gasteiger partial charge in [0.15, 0.2) is 6.29 Å². The molecule has 0 heterocycles. The third kappa shape index (κ3) is 3.78. The van der Waals surface area contributed by atoms with Crippen LogP contribution in [0, 0.1) is 22.7 Å². The highest BCUT2D eigenvalue weighted by Crippen LogP contribution is 2.17. The van der Waals surface area contributed by atoms with Crippen molar-refractivity contribution >= 4 is 0 Å². The first-order chi connectivity index (χ1) is 7.38. The molecule has 1 aromatic rings. The average molecular weight is 202 g/mol. The van der Waals surface area contributed by atoms with Gasteiger partial charge in [0.1, 0.15) is 13.2 Å². The van der Waals surface area contributed by atoms with Crippen molar-refractivity contribution in [3.63, 3.8) is 0 Å². The minimum atomic E-state index is -0.648. The number of nitrogens with zero attached hydrogens (tertiary/aromatic N) is 2. The molecule has 0 radical (unpaired) electrons. The van der Waals surface area contributed by atoms with Crippen LogP contribution in [0.2, 0.25) is 0 Å². The van der Waals surface area contributed by atoms with Crippen molar-refractivity contribution in [2.45, 2.75) is 6.29 Å². The zero-order valence-electron chi connectivity index (χ0n) is 8.09. The molecule has 4 nitrogen and oxygen atoms in total. The Morgan fingerprint density at radius 1 is 1.00 bits per heavy atom. The van der Waals surface area contributed by atoms with Gasteiger partial charge in [-0.15, -0.1) is 0 Å². The predicted octanol–water partition coefficient (Wildman–Crippen LogP) is 1.77. The standard InChI is InChI=1S/C11H10N2O2/c12-6-8-14-11(15-9-7-13)10-4-2-1-3-5-10/h1-5,11H,8-9H2. The molecule has 15 heavy (non-hydrogen) atoms. The summed E-state index contributed by atoms with van der Waals surface area (Å²) in [6.07, 6.45) is -0.648. The van der Waals surface area contributed by atoms with E-state index in [1.807, 2.05) is 42.5 Å². The Labute approximate surface area is 88.3 Å². The second-order valence-corrected chi connectivity index (χ2v) is 2.68. The molecule has 0 spiro atoms. The van der Waals surface area contributed by atoms with Crippen molar-refractivity contribution in [1.82, 2.24) is 0 Å². The van der Waals surface area contributed by atoms with Crippen LogP contribution in [0.3, 0.4) is 0 Å². The summed E-state index contributed by atoms with van der Waals surface area (Å²) in [4.78, 5) is 0. The largest absolute Gasteiger partial charge is 0.333 e. The summed E-state index contributed by atoms with van der Waals surface area (Å²) >= 11 is 0. The number of nitriles is 2. The molecule has 0 bridgehead atoms. The fraction of sp³-hybridized carbons (Fsp3) is 0.273. The highest BCUT2D eigenvalue weighted by molar-refractivity contribution is 5.16. The molecule has 1 aromatic carbocycles. The molecule has 0 aliphatic heterocycles. The fourth-order valence-corrected chi connectivity index (χ4v) is 1.08. The average Bonchev–Trinajstić information content (AvgIpc) is 2.30. The van der Waals surface area contributed by atoms with E-state index in [1.165, 1.54) is 0 Å². The van der Waals surface area contributed by atoms with E-state index in [4.69, 9.17) is 20.0 Å². The lowest BCUT2D eigenvalue weighted by Crippen LogP contribution is -2.09. The summed E-state index contributed by atoms with van der Waals surface area (Å²) in [5.41, 5.74) is 0.794. The molecule has 1 rings (SSSR count). The molecular weight excluding hydrogens is 192 g/mol. The van der Waals surface area contributed by atoms with E-state index in [9.17, 15) is 0 Å². The lowest BCUT2D eigenvalue weighted by molar-refractivity contribution is -0.128. The first kappa shape index (κ1) is 11.2. The topological polar surface area (TPSA) is 66.0 Å². The van der Waals surface area contributed by atoms with E-state index in [1.54, 1.807) is 0 Å². The molecule has 0 N–H and O–H groups in total. The quantitative estimate of drug-likeness (QED) is 0.682. The first-order valence-electron chi connectivity index (χ1n) is 4.40. The molecule has 0 saturated heterocycles. The molecule has 0 fully saturated rings. The molecular formula is C11H10N2O2. The third-order valence-corrected chi connectivity index (χ3v) is 1.67. The summed E-state index contributed by atoms with van der Waals surface area (Å²) in [6, 6.07) is 12.9. The van der Waals surface area contributed by atoms with Crippen molar-refractivity contribution in [1.29, 1.82) is 10.5 Å². The van der Waals surface area contributed by atoms with Crippen molar-refractivity contribution < 1.29 is 9.47 Å². The minimum Gasteiger partial charge on any atom is -0.333 e. The van der Waals surface area contributed by atoms with Crippen LogP contribution in [0.1, 0.15) is 11.9 Å². The van der Waals surface area contributed by atoms with E-state index in [0.717, 1.165) is 5.56 Å². The molecule has 0 unspecified atom stereocenters. The Morgan fingerprint density at radius 3 is 2.00 bits per heavy atom. The van der Waals surface area contributed by atoms with E-state index in [-0.39, 0.29) is 13.2 Å². The summed E-state index contributed by atoms with van der Waals surface area (Å²) in [7, 11) is 0. The van der Waals surface area contributed by atoms with Gasteiger partial charge in [-0.1, -0.05) is 30.3 Å². The lowest BCUT2D eigenvalue weighted by Gasteiger charge is -2.15. The molecule has 0 aliphatic carbocycles. The van der Waals surface area contributed by atoms with E-state index >= 15 is 0 Å². The van der Waals surface area contributed by atoms with Crippen LogP contribution in [0.5, 0.6) is 0 Å². The van der Waals surface area contributed by atoms with E-state index < -0.39 is 6.29 Å². The maximum absolute atomic E-state index is 8.39. The van der Waals surface area contributed by atoms with Crippen LogP contribution in [0.15, 0.2) is 30.3 Å². The highest BCUT2D eigenvalue weighted by Gasteiger charge is 2.11. The SMILES string of the molecule is N#CCOC(OCC#N)c1ccccc1. The Bertz CT molecular complexity index is 346. The van der Waals surface area contributed by atoms with Crippen molar-refractivity contribution in [2.24, 2.45) is 0 Å².